The van der Waals surface area contributed by atoms with Gasteiger partial charge in [-0.2, -0.15) is 0 Å². The van der Waals surface area contributed by atoms with Crippen LogP contribution in [0, 0.1) is 12.7 Å². The first kappa shape index (κ1) is 26.1. The van der Waals surface area contributed by atoms with Gasteiger partial charge in [-0.25, -0.2) is 9.37 Å². The van der Waals surface area contributed by atoms with E-state index in [-0.39, 0.29) is 41.2 Å². The zero-order valence-electron chi connectivity index (χ0n) is 21.1. The van der Waals surface area contributed by atoms with Gasteiger partial charge in [0, 0.05) is 24.6 Å². The van der Waals surface area contributed by atoms with Crippen LogP contribution in [0.1, 0.15) is 79.1 Å². The number of nitrogens with zero attached hydrogens (tertiary/aromatic N) is 3. The normalized spacial score (nSPS) is 17.3. The minimum atomic E-state index is -1.04. The Morgan fingerprint density at radius 3 is 2.68 bits per heavy atom. The Kier molecular flexibility index (Phi) is 7.70. The Labute approximate surface area is 213 Å². The van der Waals surface area contributed by atoms with Gasteiger partial charge in [0.2, 0.25) is 11.8 Å². The Morgan fingerprint density at radius 2 is 2.00 bits per heavy atom. The molecule has 10 nitrogen and oxygen atoms in total. The molecule has 1 aliphatic heterocycles. The van der Waals surface area contributed by atoms with Gasteiger partial charge in [-0.15, -0.1) is 0 Å². The van der Waals surface area contributed by atoms with E-state index >= 15 is 0 Å². The fourth-order valence-corrected chi connectivity index (χ4v) is 4.77. The summed E-state index contributed by atoms with van der Waals surface area (Å²) < 4.78 is 18.5. The standard InChI is InChI=1S/C26H31FN6O4/c1-14-6-4-5-11-33(14)21(34)12-19(22-16(3)37-32-23(22)24(28)35)26(36)30-15(2)25-29-13-20(31-25)17-7-9-18(27)10-8-17/h7-10,13-15,19H,4-6,11-12H2,1-3H3,(H2,28,35)(H,29,31)(H,30,36)/t14-,15-,19-/m0/s1. The average molecular weight is 511 g/mol. The van der Waals surface area contributed by atoms with Gasteiger partial charge in [0.05, 0.1) is 23.9 Å². The molecule has 11 heteroatoms. The van der Waals surface area contributed by atoms with Crippen molar-refractivity contribution < 1.29 is 23.3 Å². The molecule has 4 N–H and O–H groups in total. The fraction of sp³-hybridized carbons (Fsp3) is 0.423. The number of hydrogen-bond acceptors (Lipinski definition) is 6. The molecule has 0 aliphatic carbocycles. The van der Waals surface area contributed by atoms with Crippen LogP contribution in [0.2, 0.25) is 0 Å². The van der Waals surface area contributed by atoms with Gasteiger partial charge >= 0.3 is 0 Å². The quantitative estimate of drug-likeness (QED) is 0.423. The number of rotatable bonds is 8. The Morgan fingerprint density at radius 1 is 1.27 bits per heavy atom. The highest BCUT2D eigenvalue weighted by Crippen LogP contribution is 2.30. The molecule has 0 unspecified atom stereocenters. The fourth-order valence-electron chi connectivity index (χ4n) is 4.77. The second-order valence-corrected chi connectivity index (χ2v) is 9.47. The van der Waals surface area contributed by atoms with Crippen LogP contribution in [-0.4, -0.2) is 50.3 Å². The van der Waals surface area contributed by atoms with E-state index in [1.54, 1.807) is 37.1 Å². The van der Waals surface area contributed by atoms with Crippen LogP contribution in [0.25, 0.3) is 11.3 Å². The van der Waals surface area contributed by atoms with Crippen LogP contribution < -0.4 is 11.1 Å². The molecule has 0 spiro atoms. The third kappa shape index (κ3) is 5.71. The van der Waals surface area contributed by atoms with Gasteiger partial charge in [0.15, 0.2) is 5.69 Å². The number of imidazole rings is 1. The Bertz CT molecular complexity index is 1280. The molecule has 0 radical (unpaired) electrons. The van der Waals surface area contributed by atoms with Crippen molar-refractivity contribution in [3.05, 3.63) is 59.1 Å². The number of aromatic amines is 1. The second kappa shape index (κ2) is 10.9. The van der Waals surface area contributed by atoms with Gasteiger partial charge in [-0.3, -0.25) is 14.4 Å². The van der Waals surface area contributed by atoms with E-state index in [1.165, 1.54) is 12.1 Å². The molecule has 4 rings (SSSR count). The molecule has 2 aromatic heterocycles. The van der Waals surface area contributed by atoms with E-state index in [4.69, 9.17) is 10.3 Å². The number of benzene rings is 1. The molecular weight excluding hydrogens is 479 g/mol. The minimum absolute atomic E-state index is 0.0658. The zero-order valence-corrected chi connectivity index (χ0v) is 21.1. The lowest BCUT2D eigenvalue weighted by Crippen LogP contribution is -2.44. The summed E-state index contributed by atoms with van der Waals surface area (Å²) in [6.07, 6.45) is 4.28. The van der Waals surface area contributed by atoms with Gasteiger partial charge in [0.1, 0.15) is 17.4 Å². The van der Waals surface area contributed by atoms with Crippen molar-refractivity contribution in [3.8, 4) is 11.3 Å². The minimum Gasteiger partial charge on any atom is -0.364 e. The first-order chi connectivity index (χ1) is 17.7. The predicted molar refractivity (Wildman–Crippen MR) is 133 cm³/mol. The van der Waals surface area contributed by atoms with Gasteiger partial charge in [-0.1, -0.05) is 5.16 Å². The molecule has 3 amide bonds. The van der Waals surface area contributed by atoms with E-state index in [0.29, 0.717) is 18.1 Å². The van der Waals surface area contributed by atoms with E-state index in [0.717, 1.165) is 24.8 Å². The number of primary amides is 1. The molecule has 3 atom stereocenters. The summed E-state index contributed by atoms with van der Waals surface area (Å²) in [4.78, 5) is 48.2. The van der Waals surface area contributed by atoms with Crippen LogP contribution in [0.15, 0.2) is 35.0 Å². The lowest BCUT2D eigenvalue weighted by Gasteiger charge is -2.34. The summed E-state index contributed by atoms with van der Waals surface area (Å²) in [7, 11) is 0. The Hall–Kier alpha value is -4.02. The largest absolute Gasteiger partial charge is 0.364 e. The van der Waals surface area contributed by atoms with Crippen molar-refractivity contribution in [1.29, 1.82) is 0 Å². The first-order valence-corrected chi connectivity index (χ1v) is 12.3. The third-order valence-electron chi connectivity index (χ3n) is 6.83. The third-order valence-corrected chi connectivity index (χ3v) is 6.83. The number of likely N-dealkylation sites (tertiary alicyclic amines) is 1. The summed E-state index contributed by atoms with van der Waals surface area (Å²) in [5.41, 5.74) is 6.94. The van der Waals surface area contributed by atoms with Crippen molar-refractivity contribution >= 4 is 17.7 Å². The van der Waals surface area contributed by atoms with Crippen molar-refractivity contribution in [3.63, 3.8) is 0 Å². The zero-order chi connectivity index (χ0) is 26.7. The van der Waals surface area contributed by atoms with E-state index in [9.17, 15) is 18.8 Å². The average Bonchev–Trinajstić information content (AvgIpc) is 3.50. The molecule has 1 aliphatic rings. The maximum Gasteiger partial charge on any atom is 0.271 e. The predicted octanol–water partition coefficient (Wildman–Crippen LogP) is 3.36. The number of nitrogens with one attached hydrogen (secondary N) is 2. The van der Waals surface area contributed by atoms with Crippen LogP contribution in [0.4, 0.5) is 4.39 Å². The highest BCUT2D eigenvalue weighted by atomic mass is 19.1. The lowest BCUT2D eigenvalue weighted by molar-refractivity contribution is -0.137. The number of amides is 3. The summed E-state index contributed by atoms with van der Waals surface area (Å²) in [6.45, 7) is 5.93. The highest BCUT2D eigenvalue weighted by Gasteiger charge is 2.35. The molecular formula is C26H31FN6O4. The van der Waals surface area contributed by atoms with Gasteiger partial charge in [-0.05, 0) is 69.9 Å². The van der Waals surface area contributed by atoms with Crippen molar-refractivity contribution in [2.45, 2.75) is 64.5 Å². The smallest absolute Gasteiger partial charge is 0.271 e. The number of carbonyl (C=O) groups excluding carboxylic acids is 3. The highest BCUT2D eigenvalue weighted by molar-refractivity contribution is 5.97. The number of aromatic nitrogens is 3. The number of carbonyl (C=O) groups is 3. The van der Waals surface area contributed by atoms with Crippen molar-refractivity contribution in [2.24, 2.45) is 5.73 Å². The number of aryl methyl sites for hydroxylation is 1. The summed E-state index contributed by atoms with van der Waals surface area (Å²) >= 11 is 0. The molecule has 0 saturated carbocycles. The number of halogens is 1. The van der Waals surface area contributed by atoms with Crippen LogP contribution >= 0.6 is 0 Å². The molecule has 3 aromatic rings. The van der Waals surface area contributed by atoms with Crippen LogP contribution in [0.5, 0.6) is 0 Å². The lowest BCUT2D eigenvalue weighted by atomic mass is 9.91. The number of nitrogens with two attached hydrogens (primary N) is 1. The maximum atomic E-state index is 13.6. The van der Waals surface area contributed by atoms with E-state index in [2.05, 4.69) is 20.4 Å². The number of piperidine rings is 1. The monoisotopic (exact) mass is 510 g/mol. The number of hydrogen-bond donors (Lipinski definition) is 3. The molecule has 196 valence electrons. The molecule has 1 aromatic carbocycles. The molecule has 3 heterocycles. The number of H-pyrrole nitrogens is 1. The van der Waals surface area contributed by atoms with Gasteiger partial charge < -0.3 is 25.5 Å². The second-order valence-electron chi connectivity index (χ2n) is 9.47. The first-order valence-electron chi connectivity index (χ1n) is 12.3. The maximum absolute atomic E-state index is 13.6. The molecule has 1 saturated heterocycles. The van der Waals surface area contributed by atoms with Gasteiger partial charge in [0.25, 0.3) is 5.91 Å². The van der Waals surface area contributed by atoms with Crippen molar-refractivity contribution in [2.75, 3.05) is 6.54 Å². The van der Waals surface area contributed by atoms with E-state index in [1.807, 2.05) is 6.92 Å². The molecule has 37 heavy (non-hydrogen) atoms. The topological polar surface area (TPSA) is 147 Å². The molecule has 1 fully saturated rings. The summed E-state index contributed by atoms with van der Waals surface area (Å²) in [6, 6.07) is 5.45. The summed E-state index contributed by atoms with van der Waals surface area (Å²) in [5, 5.41) is 6.62. The SMILES string of the molecule is Cc1onc(C(N)=O)c1[C@H](CC(=O)N1CCCC[C@@H]1C)C(=O)N[C@@H](C)c1ncc(-c2ccc(F)cc2)[nH]1. The van der Waals surface area contributed by atoms with Crippen LogP contribution in [0.3, 0.4) is 0 Å². The Balaban J connectivity index is 1.57. The molecule has 0 bridgehead atoms. The van der Waals surface area contributed by atoms with Crippen molar-refractivity contribution in [1.82, 2.24) is 25.3 Å². The van der Waals surface area contributed by atoms with Crippen LogP contribution in [-0.2, 0) is 9.59 Å². The summed E-state index contributed by atoms with van der Waals surface area (Å²) in [5.74, 6) is -2.18. The van der Waals surface area contributed by atoms with E-state index < -0.39 is 23.8 Å².